The number of fused-ring (bicyclic) bond motifs is 2. The maximum atomic E-state index is 13.6. The molecule has 2 fully saturated rings. The SMILES string of the molecule is C[C@H]1C[C@@]2(CCN1Cc1cnn(CCCC3(C#N)CC3)c1)OCCc1c2sc(C(F)(F)F)c1CO. The largest absolute Gasteiger partial charge is 0.425 e. The Labute approximate surface area is 207 Å². The van der Waals surface area contributed by atoms with E-state index < -0.39 is 23.3 Å². The van der Waals surface area contributed by atoms with Crippen LogP contribution in [-0.4, -0.2) is 39.0 Å². The Morgan fingerprint density at radius 3 is 2.80 bits per heavy atom. The number of rotatable bonds is 7. The lowest BCUT2D eigenvalue weighted by Crippen LogP contribution is -2.50. The zero-order valence-electron chi connectivity index (χ0n) is 19.9. The highest BCUT2D eigenvalue weighted by Crippen LogP contribution is 2.52. The summed E-state index contributed by atoms with van der Waals surface area (Å²) >= 11 is 0.763. The molecular formula is C25H31F3N4O2S. The Morgan fingerprint density at radius 1 is 1.34 bits per heavy atom. The van der Waals surface area contributed by atoms with Gasteiger partial charge in [-0.2, -0.15) is 23.5 Å². The number of ether oxygens (including phenoxy) is 1. The number of thiophene rings is 1. The average molecular weight is 509 g/mol. The van der Waals surface area contributed by atoms with Gasteiger partial charge in [0.2, 0.25) is 0 Å². The number of aromatic nitrogens is 2. The van der Waals surface area contributed by atoms with Gasteiger partial charge in [-0.1, -0.05) is 0 Å². The Hall–Kier alpha value is -1.93. The lowest BCUT2D eigenvalue weighted by molar-refractivity contribution is -0.135. The molecule has 1 spiro atoms. The molecule has 0 amide bonds. The van der Waals surface area contributed by atoms with Gasteiger partial charge in [-0.15, -0.1) is 11.3 Å². The van der Waals surface area contributed by atoms with Crippen molar-refractivity contribution in [3.05, 3.63) is 38.8 Å². The van der Waals surface area contributed by atoms with E-state index in [4.69, 9.17) is 4.74 Å². The van der Waals surface area contributed by atoms with Crippen LogP contribution in [0.3, 0.4) is 0 Å². The minimum absolute atomic E-state index is 0.0325. The van der Waals surface area contributed by atoms with Gasteiger partial charge in [0.25, 0.3) is 0 Å². The van der Waals surface area contributed by atoms with E-state index in [9.17, 15) is 23.5 Å². The molecule has 5 rings (SSSR count). The highest BCUT2D eigenvalue weighted by molar-refractivity contribution is 7.12. The quantitative estimate of drug-likeness (QED) is 0.570. The number of alkyl halides is 3. The van der Waals surface area contributed by atoms with E-state index in [1.54, 1.807) is 0 Å². The van der Waals surface area contributed by atoms with E-state index in [2.05, 4.69) is 29.2 Å². The van der Waals surface area contributed by atoms with E-state index in [1.807, 2.05) is 10.9 Å². The smallest absolute Gasteiger partial charge is 0.392 e. The van der Waals surface area contributed by atoms with Gasteiger partial charge >= 0.3 is 6.18 Å². The molecule has 0 bridgehead atoms. The number of halogens is 3. The lowest BCUT2D eigenvalue weighted by atomic mass is 9.81. The fraction of sp³-hybridized carbons (Fsp3) is 0.680. The van der Waals surface area contributed by atoms with Crippen LogP contribution in [0.15, 0.2) is 12.4 Å². The number of likely N-dealkylation sites (tertiary alicyclic amines) is 1. The van der Waals surface area contributed by atoms with Crippen molar-refractivity contribution in [3.63, 3.8) is 0 Å². The molecule has 0 aromatic carbocycles. The molecule has 2 aliphatic heterocycles. The number of aryl methyl sites for hydroxylation is 1. The highest BCUT2D eigenvalue weighted by Gasteiger charge is 2.48. The second-order valence-corrected chi connectivity index (χ2v) is 11.4. The van der Waals surface area contributed by atoms with Crippen molar-refractivity contribution >= 4 is 11.3 Å². The van der Waals surface area contributed by atoms with Crippen LogP contribution in [0.25, 0.3) is 0 Å². The van der Waals surface area contributed by atoms with E-state index in [0.29, 0.717) is 42.9 Å². The average Bonchev–Trinajstić information content (AvgIpc) is 3.26. The summed E-state index contributed by atoms with van der Waals surface area (Å²) in [6.07, 6.45) is 5.00. The number of nitrogens with zero attached hydrogens (tertiary/aromatic N) is 4. The summed E-state index contributed by atoms with van der Waals surface area (Å²) in [4.78, 5) is 2.31. The Morgan fingerprint density at radius 2 is 2.14 bits per heavy atom. The number of aliphatic hydroxyl groups excluding tert-OH is 1. The van der Waals surface area contributed by atoms with Crippen LogP contribution in [0.5, 0.6) is 0 Å². The zero-order chi connectivity index (χ0) is 24.8. The summed E-state index contributed by atoms with van der Waals surface area (Å²) in [5, 5.41) is 23.4. The second-order valence-electron chi connectivity index (χ2n) is 10.3. The van der Waals surface area contributed by atoms with Crippen LogP contribution in [-0.2, 0) is 42.6 Å². The van der Waals surface area contributed by atoms with Crippen molar-refractivity contribution in [2.45, 2.75) is 89.4 Å². The molecule has 35 heavy (non-hydrogen) atoms. The van der Waals surface area contributed by atoms with Gasteiger partial charge in [-0.3, -0.25) is 9.58 Å². The van der Waals surface area contributed by atoms with Gasteiger partial charge in [0.1, 0.15) is 10.5 Å². The Balaban J connectivity index is 1.24. The van der Waals surface area contributed by atoms with Gasteiger partial charge in [-0.05, 0) is 57.4 Å². The number of nitriles is 1. The van der Waals surface area contributed by atoms with Gasteiger partial charge in [-0.25, -0.2) is 0 Å². The van der Waals surface area contributed by atoms with Crippen molar-refractivity contribution in [2.75, 3.05) is 13.2 Å². The van der Waals surface area contributed by atoms with Crippen LogP contribution in [0.1, 0.15) is 71.9 Å². The number of hydrogen-bond acceptors (Lipinski definition) is 6. The maximum absolute atomic E-state index is 13.6. The van der Waals surface area contributed by atoms with E-state index in [0.717, 1.165) is 55.7 Å². The van der Waals surface area contributed by atoms with Crippen molar-refractivity contribution in [2.24, 2.45) is 5.41 Å². The summed E-state index contributed by atoms with van der Waals surface area (Å²) in [7, 11) is 0. The summed E-state index contributed by atoms with van der Waals surface area (Å²) in [5.74, 6) is 0. The van der Waals surface area contributed by atoms with Gasteiger partial charge < -0.3 is 9.84 Å². The van der Waals surface area contributed by atoms with Crippen LogP contribution < -0.4 is 0 Å². The number of hydrogen-bond donors (Lipinski definition) is 1. The van der Waals surface area contributed by atoms with Crippen molar-refractivity contribution in [3.8, 4) is 6.07 Å². The predicted molar refractivity (Wildman–Crippen MR) is 124 cm³/mol. The van der Waals surface area contributed by atoms with Crippen molar-refractivity contribution < 1.29 is 23.0 Å². The molecule has 0 radical (unpaired) electrons. The minimum Gasteiger partial charge on any atom is -0.392 e. The fourth-order valence-corrected chi connectivity index (χ4v) is 7.17. The van der Waals surface area contributed by atoms with Crippen LogP contribution >= 0.6 is 11.3 Å². The molecular weight excluding hydrogens is 477 g/mol. The molecule has 10 heteroatoms. The zero-order valence-corrected chi connectivity index (χ0v) is 20.7. The molecule has 1 N–H and O–H groups in total. The normalized spacial score (nSPS) is 26.0. The molecule has 2 aromatic heterocycles. The summed E-state index contributed by atoms with van der Waals surface area (Å²) in [5.41, 5.74) is 0.980. The van der Waals surface area contributed by atoms with Crippen molar-refractivity contribution in [1.82, 2.24) is 14.7 Å². The minimum atomic E-state index is -4.47. The maximum Gasteiger partial charge on any atom is 0.425 e. The first-order chi connectivity index (χ1) is 16.7. The first kappa shape index (κ1) is 24.8. The van der Waals surface area contributed by atoms with Crippen molar-refractivity contribution in [1.29, 1.82) is 5.26 Å². The van der Waals surface area contributed by atoms with Gasteiger partial charge in [0.05, 0.1) is 30.9 Å². The number of aliphatic hydroxyl groups is 1. The highest BCUT2D eigenvalue weighted by atomic mass is 32.1. The fourth-order valence-electron chi connectivity index (χ4n) is 5.76. The third kappa shape index (κ3) is 4.76. The van der Waals surface area contributed by atoms with E-state index >= 15 is 0 Å². The molecule has 1 saturated heterocycles. The van der Waals surface area contributed by atoms with Crippen LogP contribution in [0.2, 0.25) is 0 Å². The molecule has 190 valence electrons. The molecule has 3 aliphatic rings. The first-order valence-electron chi connectivity index (χ1n) is 12.3. The first-order valence-corrected chi connectivity index (χ1v) is 13.1. The standard InChI is InChI=1S/C25H31F3N4O2S/c1-17-11-24(21-19(3-10-34-24)20(15-33)22(35-21)25(26,27)28)7-9-31(17)13-18-12-30-32(14-18)8-2-4-23(16-29)5-6-23/h12,14,17,33H,2-11,13,15H2,1H3/t17-,24+/m0/s1. The molecule has 0 unspecified atom stereocenters. The topological polar surface area (TPSA) is 74.3 Å². The molecule has 4 heterocycles. The van der Waals surface area contributed by atoms with E-state index in [1.165, 1.54) is 0 Å². The summed E-state index contributed by atoms with van der Waals surface area (Å²) in [6, 6.07) is 2.56. The molecule has 1 saturated carbocycles. The Bertz CT molecular complexity index is 1120. The van der Waals surface area contributed by atoms with Gasteiger partial charge in [0, 0.05) is 47.9 Å². The van der Waals surface area contributed by atoms with Gasteiger partial charge in [0.15, 0.2) is 0 Å². The third-order valence-corrected chi connectivity index (χ3v) is 9.44. The molecule has 2 aromatic rings. The van der Waals surface area contributed by atoms with Crippen LogP contribution in [0.4, 0.5) is 13.2 Å². The molecule has 2 atom stereocenters. The van der Waals surface area contributed by atoms with Crippen LogP contribution in [0, 0.1) is 16.7 Å². The Kier molecular flexibility index (Phi) is 6.49. The monoisotopic (exact) mass is 508 g/mol. The second kappa shape index (κ2) is 9.18. The predicted octanol–water partition coefficient (Wildman–Crippen LogP) is 4.99. The number of piperidine rings is 1. The molecule has 6 nitrogen and oxygen atoms in total. The molecule has 1 aliphatic carbocycles. The third-order valence-electron chi connectivity index (χ3n) is 7.93. The van der Waals surface area contributed by atoms with E-state index in [-0.39, 0.29) is 17.0 Å². The summed E-state index contributed by atoms with van der Waals surface area (Å²) < 4.78 is 49.1. The lowest BCUT2D eigenvalue weighted by Gasteiger charge is -2.47. The summed E-state index contributed by atoms with van der Waals surface area (Å²) in [6.45, 7) is 4.12.